The Hall–Kier alpha value is -3.08. The standard InChI is InChI=1S/C25H26N2O3/c1-2-25-13-8-14-26(24(29)30-17-18-9-4-3-5-10-18)23(25)27-20-12-7-6-11-19(20)15-21(27)22(28)16-25/h3-7,9-12,15,23H,2,8,13-14,16-17H2,1H3/t23-,25+/m1/s1. The molecule has 2 aliphatic rings. The van der Waals surface area contributed by atoms with Gasteiger partial charge in [-0.15, -0.1) is 0 Å². The highest BCUT2D eigenvalue weighted by atomic mass is 16.6. The number of Topliss-reactive ketones (excluding diaryl/α,β-unsaturated/α-hetero) is 1. The number of ether oxygens (including phenoxy) is 1. The predicted octanol–water partition coefficient (Wildman–Crippen LogP) is 5.56. The number of benzene rings is 2. The lowest BCUT2D eigenvalue weighted by Gasteiger charge is -2.52. The molecule has 1 amide bonds. The lowest BCUT2D eigenvalue weighted by atomic mass is 9.69. The van der Waals surface area contributed by atoms with Crippen molar-refractivity contribution in [3.05, 3.63) is 71.9 Å². The highest BCUT2D eigenvalue weighted by molar-refractivity contribution is 6.01. The summed E-state index contributed by atoms with van der Waals surface area (Å²) >= 11 is 0. The second-order valence-electron chi connectivity index (χ2n) is 8.49. The number of fused-ring (bicyclic) bond motifs is 5. The lowest BCUT2D eigenvalue weighted by Crippen LogP contribution is -2.54. The first-order valence-electron chi connectivity index (χ1n) is 10.7. The third kappa shape index (κ3) is 2.92. The van der Waals surface area contributed by atoms with E-state index in [9.17, 15) is 9.59 Å². The molecule has 1 fully saturated rings. The van der Waals surface area contributed by atoms with Gasteiger partial charge >= 0.3 is 6.09 Å². The van der Waals surface area contributed by atoms with Gasteiger partial charge in [0.05, 0.1) is 11.2 Å². The highest BCUT2D eigenvalue weighted by Gasteiger charge is 2.52. The van der Waals surface area contributed by atoms with E-state index < -0.39 is 0 Å². The van der Waals surface area contributed by atoms with Crippen molar-refractivity contribution in [3.8, 4) is 0 Å². The average molecular weight is 402 g/mol. The van der Waals surface area contributed by atoms with Gasteiger partial charge in [0.1, 0.15) is 12.8 Å². The molecule has 1 aromatic heterocycles. The van der Waals surface area contributed by atoms with Crippen molar-refractivity contribution >= 4 is 22.8 Å². The molecule has 5 heteroatoms. The number of carbonyl (C=O) groups is 2. The van der Waals surface area contributed by atoms with Crippen LogP contribution in [0.3, 0.4) is 0 Å². The second kappa shape index (κ2) is 7.31. The third-order valence-corrected chi connectivity index (χ3v) is 6.85. The number of hydrogen-bond acceptors (Lipinski definition) is 3. The molecule has 0 radical (unpaired) electrons. The molecule has 0 saturated carbocycles. The summed E-state index contributed by atoms with van der Waals surface area (Å²) in [5, 5.41) is 1.04. The molecule has 0 spiro atoms. The van der Waals surface area contributed by atoms with Crippen LogP contribution in [0.15, 0.2) is 60.7 Å². The molecule has 5 nitrogen and oxygen atoms in total. The smallest absolute Gasteiger partial charge is 0.411 e. The van der Waals surface area contributed by atoms with E-state index in [-0.39, 0.29) is 30.1 Å². The summed E-state index contributed by atoms with van der Waals surface area (Å²) in [5.41, 5.74) is 2.42. The van der Waals surface area contributed by atoms with Gasteiger partial charge in [0.25, 0.3) is 0 Å². The molecule has 3 aromatic rings. The summed E-state index contributed by atoms with van der Waals surface area (Å²) in [4.78, 5) is 28.2. The molecule has 30 heavy (non-hydrogen) atoms. The second-order valence-corrected chi connectivity index (χ2v) is 8.49. The van der Waals surface area contributed by atoms with Crippen molar-refractivity contribution in [1.82, 2.24) is 9.47 Å². The number of hydrogen-bond donors (Lipinski definition) is 0. The molecule has 2 aliphatic heterocycles. The van der Waals surface area contributed by atoms with E-state index in [1.807, 2.05) is 65.6 Å². The zero-order valence-electron chi connectivity index (χ0n) is 17.2. The van der Waals surface area contributed by atoms with Crippen LogP contribution in [0.1, 0.15) is 54.8 Å². The molecule has 2 aromatic carbocycles. The molecule has 0 N–H and O–H groups in total. The lowest BCUT2D eigenvalue weighted by molar-refractivity contribution is -0.0413. The number of ketones is 1. The van der Waals surface area contributed by atoms with E-state index in [0.717, 1.165) is 35.7 Å². The Morgan fingerprint density at radius 1 is 1.13 bits per heavy atom. The van der Waals surface area contributed by atoms with Crippen LogP contribution in [0.25, 0.3) is 10.9 Å². The Morgan fingerprint density at radius 2 is 1.90 bits per heavy atom. The first-order chi connectivity index (χ1) is 14.6. The molecular formula is C25H26N2O3. The molecular weight excluding hydrogens is 376 g/mol. The van der Waals surface area contributed by atoms with Crippen LogP contribution in [0.5, 0.6) is 0 Å². The Morgan fingerprint density at radius 3 is 2.70 bits per heavy atom. The van der Waals surface area contributed by atoms with Gasteiger partial charge in [-0.05, 0) is 37.0 Å². The number of likely N-dealkylation sites (tertiary alicyclic amines) is 1. The van der Waals surface area contributed by atoms with Crippen LogP contribution >= 0.6 is 0 Å². The maximum absolute atomic E-state index is 13.2. The van der Waals surface area contributed by atoms with Gasteiger partial charge in [-0.25, -0.2) is 4.79 Å². The van der Waals surface area contributed by atoms with Gasteiger partial charge in [0.2, 0.25) is 0 Å². The minimum Gasteiger partial charge on any atom is -0.444 e. The van der Waals surface area contributed by atoms with Crippen molar-refractivity contribution in [1.29, 1.82) is 0 Å². The number of aromatic nitrogens is 1. The SMILES string of the molecule is CC[C@@]12CCCN(C(=O)OCc3ccccc3)[C@@H]1n1c(cc3ccccc31)C(=O)C2. The van der Waals surface area contributed by atoms with Crippen LogP contribution < -0.4 is 0 Å². The number of para-hydroxylation sites is 1. The van der Waals surface area contributed by atoms with Crippen LogP contribution in [0.2, 0.25) is 0 Å². The van der Waals surface area contributed by atoms with E-state index in [1.165, 1.54) is 0 Å². The van der Waals surface area contributed by atoms with Crippen molar-refractivity contribution < 1.29 is 14.3 Å². The maximum atomic E-state index is 13.2. The molecule has 1 saturated heterocycles. The van der Waals surface area contributed by atoms with Gasteiger partial charge in [0, 0.05) is 23.8 Å². The zero-order chi connectivity index (χ0) is 20.7. The molecule has 5 rings (SSSR count). The molecule has 154 valence electrons. The Kier molecular flexibility index (Phi) is 4.61. The van der Waals surface area contributed by atoms with Crippen LogP contribution in [0.4, 0.5) is 4.79 Å². The minimum absolute atomic E-state index is 0.170. The number of nitrogens with zero attached hydrogens (tertiary/aromatic N) is 2. The summed E-state index contributed by atoms with van der Waals surface area (Å²) in [5.74, 6) is 0.170. The van der Waals surface area contributed by atoms with E-state index in [2.05, 4.69) is 11.5 Å². The highest BCUT2D eigenvalue weighted by Crippen LogP contribution is 2.53. The number of rotatable bonds is 3. The van der Waals surface area contributed by atoms with E-state index in [0.29, 0.717) is 18.7 Å². The van der Waals surface area contributed by atoms with E-state index >= 15 is 0 Å². The summed E-state index contributed by atoms with van der Waals surface area (Å²) in [6.45, 7) is 3.02. The van der Waals surface area contributed by atoms with Gasteiger partial charge in [-0.3, -0.25) is 9.69 Å². The van der Waals surface area contributed by atoms with Crippen LogP contribution in [-0.4, -0.2) is 27.9 Å². The fourth-order valence-corrected chi connectivity index (χ4v) is 5.32. The quantitative estimate of drug-likeness (QED) is 0.577. The van der Waals surface area contributed by atoms with Crippen molar-refractivity contribution in [3.63, 3.8) is 0 Å². The van der Waals surface area contributed by atoms with E-state index in [1.54, 1.807) is 0 Å². The molecule has 2 atom stereocenters. The summed E-state index contributed by atoms with van der Waals surface area (Å²) in [6.07, 6.45) is 2.64. The third-order valence-electron chi connectivity index (χ3n) is 6.85. The van der Waals surface area contributed by atoms with Gasteiger partial charge in [0.15, 0.2) is 5.78 Å². The Labute approximate surface area is 176 Å². The molecule has 3 heterocycles. The fourth-order valence-electron chi connectivity index (χ4n) is 5.32. The van der Waals surface area contributed by atoms with Crippen molar-refractivity contribution in [2.75, 3.05) is 6.54 Å². The number of carbonyl (C=O) groups excluding carboxylic acids is 2. The maximum Gasteiger partial charge on any atom is 0.411 e. The summed E-state index contributed by atoms with van der Waals surface area (Å²) in [6, 6.07) is 19.8. The van der Waals surface area contributed by atoms with Gasteiger partial charge in [-0.2, -0.15) is 0 Å². The minimum atomic E-state index is -0.306. The number of piperidine rings is 1. The molecule has 0 bridgehead atoms. The zero-order valence-corrected chi connectivity index (χ0v) is 17.2. The van der Waals surface area contributed by atoms with Crippen molar-refractivity contribution in [2.45, 2.75) is 45.4 Å². The summed E-state index contributed by atoms with van der Waals surface area (Å²) < 4.78 is 7.83. The fraction of sp³-hybridized carbons (Fsp3) is 0.360. The normalized spacial score (nSPS) is 23.2. The first-order valence-corrected chi connectivity index (χ1v) is 10.7. The Balaban J connectivity index is 1.55. The van der Waals surface area contributed by atoms with Gasteiger partial charge < -0.3 is 9.30 Å². The van der Waals surface area contributed by atoms with Crippen molar-refractivity contribution in [2.24, 2.45) is 5.41 Å². The van der Waals surface area contributed by atoms with Crippen LogP contribution in [-0.2, 0) is 11.3 Å². The summed E-state index contributed by atoms with van der Waals surface area (Å²) in [7, 11) is 0. The molecule has 0 unspecified atom stereocenters. The van der Waals surface area contributed by atoms with Gasteiger partial charge in [-0.1, -0.05) is 55.5 Å². The van der Waals surface area contributed by atoms with Crippen LogP contribution in [0, 0.1) is 5.41 Å². The average Bonchev–Trinajstić information content (AvgIpc) is 3.18. The molecule has 0 aliphatic carbocycles. The Bertz CT molecular complexity index is 1100. The topological polar surface area (TPSA) is 51.5 Å². The first kappa shape index (κ1) is 18.9. The van der Waals surface area contributed by atoms with E-state index in [4.69, 9.17) is 4.74 Å². The number of amides is 1. The monoisotopic (exact) mass is 402 g/mol. The predicted molar refractivity (Wildman–Crippen MR) is 115 cm³/mol. The largest absolute Gasteiger partial charge is 0.444 e.